The lowest BCUT2D eigenvalue weighted by Crippen LogP contribution is -2.22. The minimum absolute atomic E-state index is 0.0797. The summed E-state index contributed by atoms with van der Waals surface area (Å²) in [4.78, 5) is 0. The van der Waals surface area contributed by atoms with Crippen LogP contribution in [0.2, 0.25) is 0 Å². The van der Waals surface area contributed by atoms with E-state index in [1.807, 2.05) is 12.1 Å². The fraction of sp³-hybridized carbons (Fsp3) is 0.375. The molecule has 0 fully saturated rings. The molecule has 1 heterocycles. The summed E-state index contributed by atoms with van der Waals surface area (Å²) in [6.45, 7) is 3.36. The largest absolute Gasteiger partial charge is 0.462 e. The zero-order valence-electron chi connectivity index (χ0n) is 11.9. The van der Waals surface area contributed by atoms with Gasteiger partial charge in [0.05, 0.1) is 6.04 Å². The van der Waals surface area contributed by atoms with E-state index in [1.54, 1.807) is 19.2 Å². The molecular formula is C16H20FNO2. The summed E-state index contributed by atoms with van der Waals surface area (Å²) in [6, 6.07) is 10.5. The standard InChI is InChI=1S/C16H20FNO2/c1-3-18-15(10-12-4-6-13(17)7-5-12)16-9-8-14(20-16)11-19-2/h4-9,15,18H,3,10-11H2,1-2H3. The molecule has 0 amide bonds. The van der Waals surface area contributed by atoms with E-state index >= 15 is 0 Å². The molecule has 1 unspecified atom stereocenters. The predicted octanol–water partition coefficient (Wildman–Crippen LogP) is 3.46. The highest BCUT2D eigenvalue weighted by molar-refractivity contribution is 5.20. The molecular weight excluding hydrogens is 257 g/mol. The van der Waals surface area contributed by atoms with E-state index < -0.39 is 0 Å². The predicted molar refractivity (Wildman–Crippen MR) is 75.9 cm³/mol. The first-order valence-electron chi connectivity index (χ1n) is 6.78. The molecule has 0 aliphatic rings. The molecule has 2 aromatic rings. The Kier molecular flexibility index (Phi) is 5.32. The normalized spacial score (nSPS) is 12.6. The first-order valence-corrected chi connectivity index (χ1v) is 6.78. The van der Waals surface area contributed by atoms with Crippen LogP contribution in [0.1, 0.15) is 30.0 Å². The third-order valence-corrected chi connectivity index (χ3v) is 3.12. The van der Waals surface area contributed by atoms with Crippen molar-refractivity contribution < 1.29 is 13.5 Å². The Morgan fingerprint density at radius 3 is 2.60 bits per heavy atom. The van der Waals surface area contributed by atoms with Gasteiger partial charge in [-0.3, -0.25) is 0 Å². The average molecular weight is 277 g/mol. The van der Waals surface area contributed by atoms with Crippen LogP contribution in [0.25, 0.3) is 0 Å². The molecule has 0 aliphatic carbocycles. The summed E-state index contributed by atoms with van der Waals surface area (Å²) >= 11 is 0. The molecule has 20 heavy (non-hydrogen) atoms. The molecule has 0 saturated carbocycles. The summed E-state index contributed by atoms with van der Waals surface area (Å²) in [5.41, 5.74) is 1.07. The molecule has 0 radical (unpaired) electrons. The lowest BCUT2D eigenvalue weighted by molar-refractivity contribution is 0.161. The van der Waals surface area contributed by atoms with Crippen LogP contribution in [0.5, 0.6) is 0 Å². The second-order valence-corrected chi connectivity index (χ2v) is 4.68. The second kappa shape index (κ2) is 7.22. The highest BCUT2D eigenvalue weighted by Gasteiger charge is 2.15. The number of likely N-dealkylation sites (N-methyl/N-ethyl adjacent to an activating group) is 1. The SMILES string of the molecule is CCNC(Cc1ccc(F)cc1)c1ccc(COC)o1. The monoisotopic (exact) mass is 277 g/mol. The van der Waals surface area contributed by atoms with Crippen LogP contribution >= 0.6 is 0 Å². The summed E-state index contributed by atoms with van der Waals surface area (Å²) in [7, 11) is 1.64. The van der Waals surface area contributed by atoms with Gasteiger partial charge in [0.25, 0.3) is 0 Å². The van der Waals surface area contributed by atoms with Crippen LogP contribution in [0.15, 0.2) is 40.8 Å². The van der Waals surface area contributed by atoms with Crippen LogP contribution in [0.3, 0.4) is 0 Å². The molecule has 0 spiro atoms. The van der Waals surface area contributed by atoms with E-state index in [4.69, 9.17) is 9.15 Å². The first kappa shape index (κ1) is 14.8. The van der Waals surface area contributed by atoms with Gasteiger partial charge in [-0.15, -0.1) is 0 Å². The van der Waals surface area contributed by atoms with Gasteiger partial charge in [-0.1, -0.05) is 19.1 Å². The number of halogens is 1. The molecule has 2 rings (SSSR count). The molecule has 1 aromatic heterocycles. The van der Waals surface area contributed by atoms with Gasteiger partial charge in [0.15, 0.2) is 0 Å². The van der Waals surface area contributed by atoms with Crippen molar-refractivity contribution in [3.8, 4) is 0 Å². The topological polar surface area (TPSA) is 34.4 Å². The molecule has 1 atom stereocenters. The molecule has 4 heteroatoms. The van der Waals surface area contributed by atoms with Crippen LogP contribution in [-0.2, 0) is 17.8 Å². The maximum atomic E-state index is 12.9. The number of furan rings is 1. The van der Waals surface area contributed by atoms with E-state index in [9.17, 15) is 4.39 Å². The Bertz CT molecular complexity index is 522. The van der Waals surface area contributed by atoms with Crippen LogP contribution in [-0.4, -0.2) is 13.7 Å². The van der Waals surface area contributed by atoms with E-state index in [0.29, 0.717) is 6.61 Å². The summed E-state index contributed by atoms with van der Waals surface area (Å²) in [5, 5.41) is 3.39. The molecule has 3 nitrogen and oxygen atoms in total. The zero-order valence-corrected chi connectivity index (χ0v) is 11.9. The van der Waals surface area contributed by atoms with Gasteiger partial charge in [-0.25, -0.2) is 4.39 Å². The first-order chi connectivity index (χ1) is 9.72. The number of benzene rings is 1. The number of hydrogen-bond donors (Lipinski definition) is 1. The van der Waals surface area contributed by atoms with Gasteiger partial charge in [-0.05, 0) is 42.8 Å². The van der Waals surface area contributed by atoms with Gasteiger partial charge < -0.3 is 14.5 Å². The van der Waals surface area contributed by atoms with Crippen molar-refractivity contribution >= 4 is 0 Å². The Hall–Kier alpha value is -1.65. The van der Waals surface area contributed by atoms with Crippen molar-refractivity contribution in [1.82, 2.24) is 5.32 Å². The Morgan fingerprint density at radius 2 is 1.95 bits per heavy atom. The highest BCUT2D eigenvalue weighted by atomic mass is 19.1. The Morgan fingerprint density at radius 1 is 1.20 bits per heavy atom. The highest BCUT2D eigenvalue weighted by Crippen LogP contribution is 2.21. The minimum Gasteiger partial charge on any atom is -0.462 e. The molecule has 0 bridgehead atoms. The number of ether oxygens (including phenoxy) is 1. The van der Waals surface area contributed by atoms with Crippen LogP contribution in [0.4, 0.5) is 4.39 Å². The van der Waals surface area contributed by atoms with Gasteiger partial charge in [-0.2, -0.15) is 0 Å². The van der Waals surface area contributed by atoms with Gasteiger partial charge in [0, 0.05) is 7.11 Å². The van der Waals surface area contributed by atoms with Gasteiger partial charge in [0.2, 0.25) is 0 Å². The van der Waals surface area contributed by atoms with E-state index in [2.05, 4.69) is 12.2 Å². The fourth-order valence-electron chi connectivity index (χ4n) is 2.18. The minimum atomic E-state index is -0.214. The summed E-state index contributed by atoms with van der Waals surface area (Å²) < 4.78 is 23.8. The smallest absolute Gasteiger partial charge is 0.129 e. The van der Waals surface area contributed by atoms with Crippen molar-refractivity contribution in [1.29, 1.82) is 0 Å². The van der Waals surface area contributed by atoms with Crippen LogP contribution in [0, 0.1) is 5.82 Å². The Balaban J connectivity index is 2.10. The quantitative estimate of drug-likeness (QED) is 0.841. The van der Waals surface area contributed by atoms with E-state index in [0.717, 1.165) is 30.0 Å². The fourth-order valence-corrected chi connectivity index (χ4v) is 2.18. The summed E-state index contributed by atoms with van der Waals surface area (Å²) in [5.74, 6) is 1.47. The van der Waals surface area contributed by atoms with Gasteiger partial charge in [0.1, 0.15) is 23.9 Å². The Labute approximate surface area is 118 Å². The summed E-state index contributed by atoms with van der Waals surface area (Å²) in [6.07, 6.45) is 0.758. The average Bonchev–Trinajstić information content (AvgIpc) is 2.90. The third kappa shape index (κ3) is 3.92. The van der Waals surface area contributed by atoms with Crippen molar-refractivity contribution in [2.45, 2.75) is 26.0 Å². The number of hydrogen-bond acceptors (Lipinski definition) is 3. The lowest BCUT2D eigenvalue weighted by Gasteiger charge is -2.15. The number of nitrogens with one attached hydrogen (secondary N) is 1. The van der Waals surface area contributed by atoms with Crippen molar-refractivity contribution in [3.63, 3.8) is 0 Å². The molecule has 0 saturated heterocycles. The zero-order chi connectivity index (χ0) is 14.4. The molecule has 1 N–H and O–H groups in total. The number of rotatable bonds is 7. The van der Waals surface area contributed by atoms with Crippen molar-refractivity contribution in [2.24, 2.45) is 0 Å². The molecule has 1 aromatic carbocycles. The third-order valence-electron chi connectivity index (χ3n) is 3.12. The molecule has 0 aliphatic heterocycles. The number of methoxy groups -OCH3 is 1. The van der Waals surface area contributed by atoms with Crippen molar-refractivity contribution in [2.75, 3.05) is 13.7 Å². The van der Waals surface area contributed by atoms with Gasteiger partial charge >= 0.3 is 0 Å². The maximum Gasteiger partial charge on any atom is 0.129 e. The maximum absolute atomic E-state index is 12.9. The lowest BCUT2D eigenvalue weighted by atomic mass is 10.0. The molecule has 108 valence electrons. The van der Waals surface area contributed by atoms with E-state index in [1.165, 1.54) is 12.1 Å². The van der Waals surface area contributed by atoms with E-state index in [-0.39, 0.29) is 11.9 Å². The van der Waals surface area contributed by atoms with Crippen LogP contribution < -0.4 is 5.32 Å². The van der Waals surface area contributed by atoms with Crippen molar-refractivity contribution in [3.05, 3.63) is 59.3 Å². The second-order valence-electron chi connectivity index (χ2n) is 4.68.